The second kappa shape index (κ2) is 7.08. The Hall–Kier alpha value is -3.01. The van der Waals surface area contributed by atoms with Gasteiger partial charge >= 0.3 is 0 Å². The van der Waals surface area contributed by atoms with Crippen LogP contribution in [0.4, 0.5) is 17.7 Å². The van der Waals surface area contributed by atoms with Crippen molar-refractivity contribution < 1.29 is 9.53 Å². The van der Waals surface area contributed by atoms with Crippen molar-refractivity contribution in [3.8, 4) is 11.3 Å². The van der Waals surface area contributed by atoms with Crippen LogP contribution in [0, 0.1) is 0 Å². The zero-order chi connectivity index (χ0) is 17.9. The number of aromatic nitrogens is 4. The van der Waals surface area contributed by atoms with E-state index in [0.717, 1.165) is 18.7 Å². The maximum atomic E-state index is 11.8. The fraction of sp³-hybridized carbons (Fsp3) is 0.438. The summed E-state index contributed by atoms with van der Waals surface area (Å²) in [7, 11) is 0. The van der Waals surface area contributed by atoms with Crippen LogP contribution in [0.5, 0.6) is 0 Å². The molecule has 136 valence electrons. The third-order valence-corrected chi connectivity index (χ3v) is 4.32. The van der Waals surface area contributed by atoms with Crippen LogP contribution >= 0.6 is 0 Å². The van der Waals surface area contributed by atoms with Gasteiger partial charge in [0.25, 0.3) is 0 Å². The molecule has 1 amide bonds. The van der Waals surface area contributed by atoms with Gasteiger partial charge in [-0.3, -0.25) is 4.79 Å². The lowest BCUT2D eigenvalue weighted by atomic mass is 10.2. The molecule has 0 atom stereocenters. The highest BCUT2D eigenvalue weighted by atomic mass is 16.5. The number of carbonyl (C=O) groups is 1. The molecule has 0 spiro atoms. The molecule has 26 heavy (non-hydrogen) atoms. The number of nitrogens with zero attached hydrogens (tertiary/aromatic N) is 6. The standard InChI is InChI=1S/C16H20N8O2/c17-15-19-8-11(9-20-15)12-7-13(24-2-1-18-14(25)10-24)22-16(21-12)23-3-5-26-6-4-23/h7-9H,1-6,10H2,(H,18,25)(H2,17,19,20). The molecule has 2 aromatic rings. The van der Waals surface area contributed by atoms with E-state index >= 15 is 0 Å². The molecule has 4 rings (SSSR count). The van der Waals surface area contributed by atoms with Gasteiger partial charge in [-0.05, 0) is 0 Å². The highest BCUT2D eigenvalue weighted by Gasteiger charge is 2.22. The number of nitrogens with one attached hydrogen (secondary N) is 1. The van der Waals surface area contributed by atoms with Crippen molar-refractivity contribution in [1.82, 2.24) is 25.3 Å². The highest BCUT2D eigenvalue weighted by molar-refractivity contribution is 5.82. The minimum Gasteiger partial charge on any atom is -0.378 e. The molecule has 10 heteroatoms. The van der Waals surface area contributed by atoms with Crippen LogP contribution in [0.1, 0.15) is 0 Å². The summed E-state index contributed by atoms with van der Waals surface area (Å²) < 4.78 is 5.42. The molecule has 2 aliphatic rings. The van der Waals surface area contributed by atoms with Gasteiger partial charge < -0.3 is 25.6 Å². The first-order valence-corrected chi connectivity index (χ1v) is 8.50. The number of hydrogen-bond donors (Lipinski definition) is 2. The largest absolute Gasteiger partial charge is 0.378 e. The molecule has 0 unspecified atom stereocenters. The molecule has 2 aliphatic heterocycles. The minimum atomic E-state index is -0.0137. The van der Waals surface area contributed by atoms with Crippen LogP contribution in [-0.4, -0.2) is 71.8 Å². The van der Waals surface area contributed by atoms with Gasteiger partial charge in [-0.25, -0.2) is 15.0 Å². The van der Waals surface area contributed by atoms with Gasteiger partial charge in [0.2, 0.25) is 17.8 Å². The van der Waals surface area contributed by atoms with E-state index in [1.807, 2.05) is 11.0 Å². The van der Waals surface area contributed by atoms with E-state index in [2.05, 4.69) is 25.2 Å². The first-order chi connectivity index (χ1) is 12.7. The summed E-state index contributed by atoms with van der Waals surface area (Å²) in [6, 6.07) is 1.86. The average Bonchev–Trinajstić information content (AvgIpc) is 2.69. The van der Waals surface area contributed by atoms with Gasteiger partial charge in [0.1, 0.15) is 5.82 Å². The summed E-state index contributed by atoms with van der Waals surface area (Å²) in [6.07, 6.45) is 3.28. The van der Waals surface area contributed by atoms with Gasteiger partial charge in [0.15, 0.2) is 0 Å². The zero-order valence-electron chi connectivity index (χ0n) is 14.3. The maximum absolute atomic E-state index is 11.8. The molecular weight excluding hydrogens is 336 g/mol. The van der Waals surface area contributed by atoms with Crippen LogP contribution in [0.3, 0.4) is 0 Å². The number of nitrogens with two attached hydrogens (primary N) is 1. The monoisotopic (exact) mass is 356 g/mol. The lowest BCUT2D eigenvalue weighted by molar-refractivity contribution is -0.120. The number of morpholine rings is 1. The lowest BCUT2D eigenvalue weighted by Gasteiger charge is -2.31. The Morgan fingerprint density at radius 3 is 2.58 bits per heavy atom. The quantitative estimate of drug-likeness (QED) is 0.734. The molecule has 2 aromatic heterocycles. The average molecular weight is 356 g/mol. The second-order valence-corrected chi connectivity index (χ2v) is 6.11. The fourth-order valence-corrected chi connectivity index (χ4v) is 2.94. The molecular formula is C16H20N8O2. The van der Waals surface area contributed by atoms with Crippen LogP contribution in [0.25, 0.3) is 11.3 Å². The van der Waals surface area contributed by atoms with Gasteiger partial charge in [-0.15, -0.1) is 0 Å². The van der Waals surface area contributed by atoms with Crippen LogP contribution < -0.4 is 20.9 Å². The van der Waals surface area contributed by atoms with E-state index in [-0.39, 0.29) is 18.4 Å². The van der Waals surface area contributed by atoms with Crippen molar-refractivity contribution in [3.63, 3.8) is 0 Å². The molecule has 3 N–H and O–H groups in total. The number of piperazine rings is 1. The highest BCUT2D eigenvalue weighted by Crippen LogP contribution is 2.25. The third-order valence-electron chi connectivity index (χ3n) is 4.32. The molecule has 0 saturated carbocycles. The van der Waals surface area contributed by atoms with E-state index in [1.54, 1.807) is 12.4 Å². The van der Waals surface area contributed by atoms with Gasteiger partial charge in [-0.2, -0.15) is 4.98 Å². The lowest BCUT2D eigenvalue weighted by Crippen LogP contribution is -2.48. The summed E-state index contributed by atoms with van der Waals surface area (Å²) in [4.78, 5) is 33.3. The number of ether oxygens (including phenoxy) is 1. The molecule has 2 fully saturated rings. The van der Waals surface area contributed by atoms with E-state index in [9.17, 15) is 4.79 Å². The Kier molecular flexibility index (Phi) is 4.48. The predicted octanol–water partition coefficient (Wildman–Crippen LogP) is -0.711. The fourth-order valence-electron chi connectivity index (χ4n) is 2.94. The van der Waals surface area contributed by atoms with E-state index in [1.165, 1.54) is 0 Å². The number of hydrogen-bond acceptors (Lipinski definition) is 9. The van der Waals surface area contributed by atoms with Gasteiger partial charge in [-0.1, -0.05) is 0 Å². The van der Waals surface area contributed by atoms with E-state index < -0.39 is 0 Å². The second-order valence-electron chi connectivity index (χ2n) is 6.11. The molecule has 0 aromatic carbocycles. The SMILES string of the molecule is Nc1ncc(-c2cc(N3CCNC(=O)C3)nc(N3CCOCC3)n2)cn1. The van der Waals surface area contributed by atoms with Crippen LogP contribution in [0.2, 0.25) is 0 Å². The molecule has 0 bridgehead atoms. The van der Waals surface area contributed by atoms with Crippen LogP contribution in [0.15, 0.2) is 18.5 Å². The molecule has 2 saturated heterocycles. The molecule has 0 radical (unpaired) electrons. The third kappa shape index (κ3) is 3.49. The van der Waals surface area contributed by atoms with Crippen LogP contribution in [-0.2, 0) is 9.53 Å². The van der Waals surface area contributed by atoms with Crippen molar-refractivity contribution in [2.75, 3.05) is 61.5 Å². The van der Waals surface area contributed by atoms with Crippen molar-refractivity contribution in [1.29, 1.82) is 0 Å². The predicted molar refractivity (Wildman–Crippen MR) is 95.7 cm³/mol. The smallest absolute Gasteiger partial charge is 0.239 e. The maximum Gasteiger partial charge on any atom is 0.239 e. The normalized spacial score (nSPS) is 17.9. The summed E-state index contributed by atoms with van der Waals surface area (Å²) in [5.41, 5.74) is 7.03. The summed E-state index contributed by atoms with van der Waals surface area (Å²) in [5.74, 6) is 1.52. The van der Waals surface area contributed by atoms with Crippen molar-refractivity contribution in [3.05, 3.63) is 18.5 Å². The van der Waals surface area contributed by atoms with Gasteiger partial charge in [0.05, 0.1) is 25.5 Å². The molecule has 0 aliphatic carbocycles. The Morgan fingerprint density at radius 1 is 1.08 bits per heavy atom. The number of rotatable bonds is 3. The Morgan fingerprint density at radius 2 is 1.85 bits per heavy atom. The molecule has 4 heterocycles. The van der Waals surface area contributed by atoms with Crippen molar-refractivity contribution in [2.24, 2.45) is 0 Å². The summed E-state index contributed by atoms with van der Waals surface area (Å²) in [5, 5.41) is 2.83. The number of amides is 1. The first kappa shape index (κ1) is 16.5. The van der Waals surface area contributed by atoms with Crippen molar-refractivity contribution in [2.45, 2.75) is 0 Å². The van der Waals surface area contributed by atoms with Gasteiger partial charge in [0, 0.05) is 50.2 Å². The summed E-state index contributed by atoms with van der Waals surface area (Å²) in [6.45, 7) is 4.29. The summed E-state index contributed by atoms with van der Waals surface area (Å²) >= 11 is 0. The Labute approximate surface area is 150 Å². The number of anilines is 3. The Balaban J connectivity index is 1.73. The van der Waals surface area contributed by atoms with E-state index in [0.29, 0.717) is 43.8 Å². The minimum absolute atomic E-state index is 0.0137. The number of carbonyl (C=O) groups excluding carboxylic acids is 1. The number of nitrogen functional groups attached to an aromatic ring is 1. The first-order valence-electron chi connectivity index (χ1n) is 8.50. The van der Waals surface area contributed by atoms with Crippen molar-refractivity contribution >= 4 is 23.6 Å². The van der Waals surface area contributed by atoms with E-state index in [4.69, 9.17) is 15.5 Å². The Bertz CT molecular complexity index is 791. The zero-order valence-corrected chi connectivity index (χ0v) is 14.3. The topological polar surface area (TPSA) is 122 Å². The molecule has 10 nitrogen and oxygen atoms in total.